The number of hydrogen-bond acceptors (Lipinski definition) is 7. The number of nitrogens with one attached hydrogen (secondary N) is 1. The van der Waals surface area contributed by atoms with E-state index in [-0.39, 0.29) is 40.8 Å². The molecular formula is C35H50F4N6O2. The Kier molecular flexibility index (Phi) is 11.0. The molecule has 1 saturated carbocycles. The fraction of sp³-hybridized carbons (Fsp3) is 0.686. The Balaban J connectivity index is 1.17. The van der Waals surface area contributed by atoms with Gasteiger partial charge in [0.05, 0.1) is 11.8 Å². The van der Waals surface area contributed by atoms with Crippen LogP contribution in [0, 0.1) is 17.2 Å². The lowest BCUT2D eigenvalue weighted by Gasteiger charge is -2.47. The van der Waals surface area contributed by atoms with E-state index in [0.717, 1.165) is 77.7 Å². The molecule has 2 atom stereocenters. The number of likely N-dealkylation sites (tertiary alicyclic amines) is 1. The van der Waals surface area contributed by atoms with Crippen LogP contribution in [-0.2, 0) is 0 Å². The van der Waals surface area contributed by atoms with E-state index in [1.807, 2.05) is 27.7 Å². The van der Waals surface area contributed by atoms with E-state index in [0.29, 0.717) is 17.5 Å². The maximum Gasteiger partial charge on any atom is 0.403 e. The summed E-state index contributed by atoms with van der Waals surface area (Å²) >= 11 is 0. The Hall–Kier alpha value is -2.99. The van der Waals surface area contributed by atoms with Gasteiger partial charge in [0.2, 0.25) is 0 Å². The maximum absolute atomic E-state index is 14.4. The average Bonchev–Trinajstić information content (AvgIpc) is 3.48. The van der Waals surface area contributed by atoms with Crippen molar-refractivity contribution in [3.05, 3.63) is 42.1 Å². The van der Waals surface area contributed by atoms with Crippen LogP contribution >= 0.6 is 0 Å². The number of carbonyl (C=O) groups excluding carboxylic acids is 1. The van der Waals surface area contributed by atoms with Gasteiger partial charge in [-0.05, 0) is 122 Å². The fourth-order valence-corrected chi connectivity index (χ4v) is 7.80. The van der Waals surface area contributed by atoms with Crippen LogP contribution in [0.3, 0.4) is 0 Å². The first-order valence-corrected chi connectivity index (χ1v) is 17.1. The Morgan fingerprint density at radius 1 is 1.02 bits per heavy atom. The summed E-state index contributed by atoms with van der Waals surface area (Å²) in [4.78, 5) is 28.7. The zero-order valence-electron chi connectivity index (χ0n) is 28.3. The van der Waals surface area contributed by atoms with Gasteiger partial charge >= 0.3 is 6.18 Å². The zero-order valence-corrected chi connectivity index (χ0v) is 28.3. The molecule has 47 heavy (non-hydrogen) atoms. The van der Waals surface area contributed by atoms with Gasteiger partial charge in [-0.1, -0.05) is 0 Å². The number of nitrogens with zero attached hydrogens (tertiary/aromatic N) is 5. The second-order valence-electron chi connectivity index (χ2n) is 14.5. The minimum absolute atomic E-state index is 0.0553. The molecule has 260 valence electrons. The van der Waals surface area contributed by atoms with Gasteiger partial charge in [0, 0.05) is 37.8 Å². The number of halogens is 4. The Bertz CT molecular complexity index is 1350. The summed E-state index contributed by atoms with van der Waals surface area (Å²) in [5, 5.41) is 2.80. The van der Waals surface area contributed by atoms with E-state index < -0.39 is 18.0 Å². The molecule has 2 aliphatic heterocycles. The molecule has 3 aliphatic rings. The smallest absolute Gasteiger partial charge is 0.403 e. The number of aromatic nitrogens is 2. The fourth-order valence-electron chi connectivity index (χ4n) is 7.80. The van der Waals surface area contributed by atoms with E-state index in [9.17, 15) is 22.4 Å². The summed E-state index contributed by atoms with van der Waals surface area (Å²) in [5.74, 6) is 0.972. The Morgan fingerprint density at radius 2 is 1.70 bits per heavy atom. The van der Waals surface area contributed by atoms with Gasteiger partial charge in [-0.15, -0.1) is 0 Å². The molecule has 1 spiro atoms. The van der Waals surface area contributed by atoms with Gasteiger partial charge in [0.25, 0.3) is 5.91 Å². The number of hydrogen-bond donors (Lipinski definition) is 1. The predicted octanol–water partition coefficient (Wildman–Crippen LogP) is 7.06. The third kappa shape index (κ3) is 8.54. The zero-order chi connectivity index (χ0) is 33.9. The minimum atomic E-state index is -4.20. The highest BCUT2D eigenvalue weighted by Crippen LogP contribution is 2.45. The maximum atomic E-state index is 14.4. The van der Waals surface area contributed by atoms with Crippen molar-refractivity contribution in [2.24, 2.45) is 11.3 Å². The van der Waals surface area contributed by atoms with Crippen molar-refractivity contribution in [2.45, 2.75) is 110 Å². The second kappa shape index (κ2) is 14.6. The van der Waals surface area contributed by atoms with Crippen LogP contribution in [0.1, 0.15) is 89.9 Å². The van der Waals surface area contributed by atoms with E-state index in [1.165, 1.54) is 31.5 Å². The normalized spacial score (nSPS) is 21.5. The minimum Gasteiger partial charge on any atom is -0.451 e. The van der Waals surface area contributed by atoms with Crippen LogP contribution in [0.15, 0.2) is 30.7 Å². The van der Waals surface area contributed by atoms with Gasteiger partial charge in [0.15, 0.2) is 11.6 Å². The molecule has 3 heterocycles. The average molecular weight is 663 g/mol. The first kappa shape index (κ1) is 35.3. The molecule has 2 saturated heterocycles. The molecule has 0 bridgehead atoms. The van der Waals surface area contributed by atoms with Gasteiger partial charge in [-0.3, -0.25) is 4.79 Å². The molecule has 1 aliphatic carbocycles. The highest BCUT2D eigenvalue weighted by molar-refractivity contribution is 5.97. The monoisotopic (exact) mass is 662 g/mol. The molecule has 1 N–H and O–H groups in total. The van der Waals surface area contributed by atoms with Crippen LogP contribution in [0.5, 0.6) is 11.5 Å². The quantitative estimate of drug-likeness (QED) is 0.273. The van der Waals surface area contributed by atoms with Crippen molar-refractivity contribution in [1.29, 1.82) is 0 Å². The van der Waals surface area contributed by atoms with Crippen molar-refractivity contribution < 1.29 is 27.1 Å². The van der Waals surface area contributed by atoms with Crippen LogP contribution < -0.4 is 15.0 Å². The molecule has 8 nitrogen and oxygen atoms in total. The molecule has 2 aromatic rings. The first-order chi connectivity index (χ1) is 22.2. The SMILES string of the molecule is CC(C)N(C(=O)c1cc(F)ccc1Oc1cncnc1N1CC[C@@H](CN2CCC3(CCC(N[C@H](C)C(F)(F)F)CC3)CC2)C1)C(C)C. The number of rotatable bonds is 10. The molecule has 0 unspecified atom stereocenters. The van der Waals surface area contributed by atoms with Crippen LogP contribution in [0.2, 0.25) is 0 Å². The van der Waals surface area contributed by atoms with Crippen molar-refractivity contribution in [1.82, 2.24) is 25.1 Å². The van der Waals surface area contributed by atoms with Crippen molar-refractivity contribution in [2.75, 3.05) is 37.6 Å². The van der Waals surface area contributed by atoms with Gasteiger partial charge < -0.3 is 24.8 Å². The summed E-state index contributed by atoms with van der Waals surface area (Å²) in [6, 6.07) is 2.33. The van der Waals surface area contributed by atoms with Crippen LogP contribution in [0.25, 0.3) is 0 Å². The molecule has 5 rings (SSSR count). The largest absolute Gasteiger partial charge is 0.451 e. The van der Waals surface area contributed by atoms with E-state index in [2.05, 4.69) is 25.1 Å². The van der Waals surface area contributed by atoms with E-state index in [1.54, 1.807) is 11.1 Å². The molecule has 3 fully saturated rings. The highest BCUT2D eigenvalue weighted by atomic mass is 19.4. The van der Waals surface area contributed by atoms with E-state index in [4.69, 9.17) is 4.74 Å². The molecule has 0 radical (unpaired) electrons. The number of anilines is 1. The third-order valence-electron chi connectivity index (χ3n) is 10.4. The number of piperidine rings is 1. The molecular weight excluding hydrogens is 612 g/mol. The lowest BCUT2D eigenvalue weighted by atomic mass is 9.67. The number of ether oxygens (including phenoxy) is 1. The molecule has 1 aromatic heterocycles. The Morgan fingerprint density at radius 3 is 2.34 bits per heavy atom. The number of alkyl halides is 3. The predicted molar refractivity (Wildman–Crippen MR) is 174 cm³/mol. The lowest BCUT2D eigenvalue weighted by molar-refractivity contribution is -0.154. The first-order valence-electron chi connectivity index (χ1n) is 17.1. The Labute approximate surface area is 276 Å². The second-order valence-corrected chi connectivity index (χ2v) is 14.5. The van der Waals surface area contributed by atoms with Gasteiger partial charge in [0.1, 0.15) is 23.9 Å². The summed E-state index contributed by atoms with van der Waals surface area (Å²) in [7, 11) is 0. The van der Waals surface area contributed by atoms with Crippen molar-refractivity contribution >= 4 is 11.7 Å². The van der Waals surface area contributed by atoms with Crippen molar-refractivity contribution in [3.8, 4) is 11.5 Å². The third-order valence-corrected chi connectivity index (χ3v) is 10.4. The molecule has 1 aromatic carbocycles. The van der Waals surface area contributed by atoms with Gasteiger partial charge in [-0.2, -0.15) is 13.2 Å². The topological polar surface area (TPSA) is 73.8 Å². The van der Waals surface area contributed by atoms with Crippen LogP contribution in [-0.4, -0.2) is 88.7 Å². The lowest BCUT2D eigenvalue weighted by Crippen LogP contribution is -2.49. The molecule has 12 heteroatoms. The number of amides is 1. The highest BCUT2D eigenvalue weighted by Gasteiger charge is 2.42. The van der Waals surface area contributed by atoms with Crippen LogP contribution in [0.4, 0.5) is 23.4 Å². The number of benzene rings is 1. The van der Waals surface area contributed by atoms with E-state index >= 15 is 0 Å². The summed E-state index contributed by atoms with van der Waals surface area (Å²) in [6.07, 6.45) is 5.68. The summed E-state index contributed by atoms with van der Waals surface area (Å²) < 4.78 is 59.7. The number of carbonyl (C=O) groups is 1. The van der Waals surface area contributed by atoms with Crippen molar-refractivity contribution in [3.63, 3.8) is 0 Å². The standard InChI is InChI=1S/C35H50F4N6O2/c1-23(2)45(24(3)4)33(46)29-18-27(36)6-7-30(29)47-31-19-40-22-41-32(31)44-15-10-26(21-44)20-43-16-13-34(14-17-43)11-8-28(9-12-34)42-25(5)35(37,38)39/h6-7,18-19,22-26,28,42H,8-17,20-21H2,1-5H3/t25-,26+/m1/s1. The summed E-state index contributed by atoms with van der Waals surface area (Å²) in [5.41, 5.74) is 0.414. The molecule has 1 amide bonds. The summed E-state index contributed by atoms with van der Waals surface area (Å²) in [6.45, 7) is 13.6. The van der Waals surface area contributed by atoms with Gasteiger partial charge in [-0.25, -0.2) is 14.4 Å².